The minimum Gasteiger partial charge on any atom is -0.324 e. The normalized spacial score (nSPS) is 20.1. The second-order valence-electron chi connectivity index (χ2n) is 4.76. The standard InChI is InChI=1S/C14H21N/c15-14(13-9-5-2-6-10-13)11-12-7-3-1-4-8-12/h2,5-6,9-10,12,14H,1,3-4,7-8,11,15H2. The molecule has 1 atom stereocenters. The van der Waals surface area contributed by atoms with E-state index in [2.05, 4.69) is 30.3 Å². The first-order valence-electron chi connectivity index (χ1n) is 6.17. The van der Waals surface area contributed by atoms with E-state index >= 15 is 0 Å². The van der Waals surface area contributed by atoms with E-state index in [0.717, 1.165) is 5.92 Å². The lowest BCUT2D eigenvalue weighted by molar-refractivity contribution is 0.319. The number of nitrogens with two attached hydrogens (primary N) is 1. The van der Waals surface area contributed by atoms with Crippen molar-refractivity contribution in [1.29, 1.82) is 0 Å². The van der Waals surface area contributed by atoms with Crippen LogP contribution in [0.15, 0.2) is 30.3 Å². The molecule has 1 unspecified atom stereocenters. The van der Waals surface area contributed by atoms with Gasteiger partial charge in [-0.2, -0.15) is 0 Å². The molecule has 0 bridgehead atoms. The Bertz CT molecular complexity index is 275. The van der Waals surface area contributed by atoms with Gasteiger partial charge >= 0.3 is 0 Å². The molecular formula is C14H21N. The largest absolute Gasteiger partial charge is 0.324 e. The van der Waals surface area contributed by atoms with Crippen LogP contribution in [0.5, 0.6) is 0 Å². The van der Waals surface area contributed by atoms with Crippen LogP contribution >= 0.6 is 0 Å². The van der Waals surface area contributed by atoms with Gasteiger partial charge in [0, 0.05) is 6.04 Å². The lowest BCUT2D eigenvalue weighted by Gasteiger charge is -2.24. The maximum Gasteiger partial charge on any atom is 0.0297 e. The third-order valence-electron chi connectivity index (χ3n) is 3.54. The van der Waals surface area contributed by atoms with Crippen LogP contribution in [0.3, 0.4) is 0 Å². The molecule has 1 aromatic rings. The fourth-order valence-corrected chi connectivity index (χ4v) is 2.62. The molecule has 0 aliphatic heterocycles. The molecule has 1 heteroatoms. The van der Waals surface area contributed by atoms with E-state index < -0.39 is 0 Å². The van der Waals surface area contributed by atoms with E-state index in [1.54, 1.807) is 0 Å². The van der Waals surface area contributed by atoms with Crippen molar-refractivity contribution in [2.75, 3.05) is 0 Å². The summed E-state index contributed by atoms with van der Waals surface area (Å²) in [5.41, 5.74) is 7.52. The first kappa shape index (κ1) is 10.7. The summed E-state index contributed by atoms with van der Waals surface area (Å²) < 4.78 is 0. The quantitative estimate of drug-likeness (QED) is 0.797. The van der Waals surface area contributed by atoms with Crippen LogP contribution in [-0.4, -0.2) is 0 Å². The van der Waals surface area contributed by atoms with Crippen LogP contribution in [0.1, 0.15) is 50.1 Å². The molecule has 0 heterocycles. The summed E-state index contributed by atoms with van der Waals surface area (Å²) in [6, 6.07) is 10.7. The van der Waals surface area contributed by atoms with Crippen LogP contribution in [0.4, 0.5) is 0 Å². The summed E-state index contributed by atoms with van der Waals surface area (Å²) in [5, 5.41) is 0. The molecule has 0 amide bonds. The summed E-state index contributed by atoms with van der Waals surface area (Å²) in [6.45, 7) is 0. The van der Waals surface area contributed by atoms with Gasteiger partial charge in [-0.05, 0) is 17.9 Å². The maximum atomic E-state index is 6.23. The summed E-state index contributed by atoms with van der Waals surface area (Å²) in [6.07, 6.45) is 8.19. The van der Waals surface area contributed by atoms with Crippen LogP contribution in [-0.2, 0) is 0 Å². The van der Waals surface area contributed by atoms with Crippen molar-refractivity contribution in [2.24, 2.45) is 11.7 Å². The van der Waals surface area contributed by atoms with E-state index in [9.17, 15) is 0 Å². The highest BCUT2D eigenvalue weighted by atomic mass is 14.6. The highest BCUT2D eigenvalue weighted by Gasteiger charge is 2.17. The molecule has 2 rings (SSSR count). The fraction of sp³-hybridized carbons (Fsp3) is 0.571. The number of rotatable bonds is 3. The molecule has 0 aromatic heterocycles. The maximum absolute atomic E-state index is 6.23. The Balaban J connectivity index is 1.88. The second-order valence-corrected chi connectivity index (χ2v) is 4.76. The fourth-order valence-electron chi connectivity index (χ4n) is 2.62. The Labute approximate surface area is 92.7 Å². The average molecular weight is 203 g/mol. The van der Waals surface area contributed by atoms with Crippen LogP contribution in [0.2, 0.25) is 0 Å². The van der Waals surface area contributed by atoms with Crippen molar-refractivity contribution in [1.82, 2.24) is 0 Å². The average Bonchev–Trinajstić information content (AvgIpc) is 2.31. The molecule has 1 saturated carbocycles. The zero-order valence-electron chi connectivity index (χ0n) is 9.36. The highest BCUT2D eigenvalue weighted by molar-refractivity contribution is 5.18. The van der Waals surface area contributed by atoms with Crippen molar-refractivity contribution in [3.8, 4) is 0 Å². The van der Waals surface area contributed by atoms with Crippen molar-refractivity contribution in [3.63, 3.8) is 0 Å². The van der Waals surface area contributed by atoms with Gasteiger partial charge in [-0.15, -0.1) is 0 Å². The van der Waals surface area contributed by atoms with Crippen LogP contribution in [0.25, 0.3) is 0 Å². The molecular weight excluding hydrogens is 182 g/mol. The number of hydrogen-bond acceptors (Lipinski definition) is 1. The minimum absolute atomic E-state index is 0.245. The van der Waals surface area contributed by atoms with Gasteiger partial charge in [0.1, 0.15) is 0 Å². The van der Waals surface area contributed by atoms with Gasteiger partial charge in [0.25, 0.3) is 0 Å². The molecule has 1 aliphatic rings. The Hall–Kier alpha value is -0.820. The third kappa shape index (κ3) is 3.07. The predicted octanol–water partition coefficient (Wildman–Crippen LogP) is 3.66. The smallest absolute Gasteiger partial charge is 0.0297 e. The van der Waals surface area contributed by atoms with Crippen molar-refractivity contribution in [3.05, 3.63) is 35.9 Å². The van der Waals surface area contributed by atoms with Gasteiger partial charge in [-0.3, -0.25) is 0 Å². The molecule has 1 fully saturated rings. The van der Waals surface area contributed by atoms with Crippen LogP contribution < -0.4 is 5.73 Å². The zero-order valence-corrected chi connectivity index (χ0v) is 9.36. The van der Waals surface area contributed by atoms with Gasteiger partial charge in [-0.1, -0.05) is 62.4 Å². The van der Waals surface area contributed by atoms with E-state index in [1.165, 1.54) is 44.1 Å². The Morgan fingerprint density at radius 1 is 1.07 bits per heavy atom. The van der Waals surface area contributed by atoms with Gasteiger partial charge in [-0.25, -0.2) is 0 Å². The van der Waals surface area contributed by atoms with E-state index in [1.807, 2.05) is 0 Å². The van der Waals surface area contributed by atoms with Crippen molar-refractivity contribution in [2.45, 2.75) is 44.6 Å². The Morgan fingerprint density at radius 3 is 2.40 bits per heavy atom. The predicted molar refractivity (Wildman–Crippen MR) is 64.6 cm³/mol. The molecule has 15 heavy (non-hydrogen) atoms. The molecule has 1 nitrogen and oxygen atoms in total. The summed E-state index contributed by atoms with van der Waals surface area (Å²) in [5.74, 6) is 0.869. The number of hydrogen-bond donors (Lipinski definition) is 1. The monoisotopic (exact) mass is 203 g/mol. The lowest BCUT2D eigenvalue weighted by Crippen LogP contribution is -2.17. The van der Waals surface area contributed by atoms with Crippen molar-refractivity contribution < 1.29 is 0 Å². The minimum atomic E-state index is 0.245. The molecule has 2 N–H and O–H groups in total. The van der Waals surface area contributed by atoms with Gasteiger partial charge in [0.2, 0.25) is 0 Å². The molecule has 82 valence electrons. The summed E-state index contributed by atoms with van der Waals surface area (Å²) >= 11 is 0. The van der Waals surface area contributed by atoms with E-state index in [0.29, 0.717) is 0 Å². The third-order valence-corrected chi connectivity index (χ3v) is 3.54. The lowest BCUT2D eigenvalue weighted by atomic mass is 9.83. The Morgan fingerprint density at radius 2 is 1.73 bits per heavy atom. The first-order valence-corrected chi connectivity index (χ1v) is 6.17. The molecule has 1 aliphatic carbocycles. The number of benzene rings is 1. The van der Waals surface area contributed by atoms with Gasteiger partial charge < -0.3 is 5.73 Å². The zero-order chi connectivity index (χ0) is 10.5. The summed E-state index contributed by atoms with van der Waals surface area (Å²) in [7, 11) is 0. The molecule has 0 saturated heterocycles. The first-order chi connectivity index (χ1) is 7.36. The van der Waals surface area contributed by atoms with E-state index in [-0.39, 0.29) is 6.04 Å². The van der Waals surface area contributed by atoms with Gasteiger partial charge in [0.05, 0.1) is 0 Å². The highest BCUT2D eigenvalue weighted by Crippen LogP contribution is 2.30. The van der Waals surface area contributed by atoms with Gasteiger partial charge in [0.15, 0.2) is 0 Å². The topological polar surface area (TPSA) is 26.0 Å². The van der Waals surface area contributed by atoms with E-state index in [4.69, 9.17) is 5.73 Å². The summed E-state index contributed by atoms with van der Waals surface area (Å²) in [4.78, 5) is 0. The van der Waals surface area contributed by atoms with Crippen LogP contribution in [0, 0.1) is 5.92 Å². The molecule has 0 radical (unpaired) electrons. The molecule has 0 spiro atoms. The van der Waals surface area contributed by atoms with Crippen molar-refractivity contribution >= 4 is 0 Å². The second kappa shape index (κ2) is 5.32. The molecule has 1 aromatic carbocycles. The SMILES string of the molecule is NC(CC1CCCCC1)c1ccccc1. The Kier molecular flexibility index (Phi) is 3.79.